The predicted octanol–water partition coefficient (Wildman–Crippen LogP) is 4.28. The van der Waals surface area contributed by atoms with E-state index in [2.05, 4.69) is 15.6 Å². The van der Waals surface area contributed by atoms with Crippen LogP contribution in [0.15, 0.2) is 29.6 Å². The van der Waals surface area contributed by atoms with Crippen LogP contribution < -0.4 is 10.6 Å². The van der Waals surface area contributed by atoms with Gasteiger partial charge in [0, 0.05) is 36.0 Å². The number of benzene rings is 1. The lowest BCUT2D eigenvalue weighted by Gasteiger charge is -2.29. The molecule has 0 radical (unpaired) electrons. The molecule has 4 rings (SSSR count). The van der Waals surface area contributed by atoms with E-state index in [-0.39, 0.29) is 23.6 Å². The summed E-state index contributed by atoms with van der Waals surface area (Å²) in [4.78, 5) is 43.4. The summed E-state index contributed by atoms with van der Waals surface area (Å²) in [6.07, 6.45) is 6.87. The SMILES string of the molecule is CC(=O)Nc1ccc(-c2csc(NC(=O)C3CCCN3C(=O)C3CCCCC3)n2)cc1. The van der Waals surface area contributed by atoms with Gasteiger partial charge in [-0.2, -0.15) is 0 Å². The molecule has 1 atom stereocenters. The molecule has 31 heavy (non-hydrogen) atoms. The van der Waals surface area contributed by atoms with Crippen LogP contribution in [0.5, 0.6) is 0 Å². The average Bonchev–Trinajstić information content (AvgIpc) is 3.44. The van der Waals surface area contributed by atoms with Crippen LogP contribution in [0, 0.1) is 5.92 Å². The van der Waals surface area contributed by atoms with Crippen LogP contribution in [0.3, 0.4) is 0 Å². The third-order valence-corrected chi connectivity index (χ3v) is 6.79. The average molecular weight is 441 g/mol. The molecule has 164 valence electrons. The van der Waals surface area contributed by atoms with Crippen molar-refractivity contribution in [2.24, 2.45) is 5.92 Å². The Bertz CT molecular complexity index is 950. The van der Waals surface area contributed by atoms with Gasteiger partial charge in [-0.1, -0.05) is 31.4 Å². The monoisotopic (exact) mass is 440 g/mol. The van der Waals surface area contributed by atoms with Gasteiger partial charge in [-0.3, -0.25) is 14.4 Å². The highest BCUT2D eigenvalue weighted by Gasteiger charge is 2.37. The van der Waals surface area contributed by atoms with Gasteiger partial charge in [0.2, 0.25) is 17.7 Å². The Labute approximate surface area is 186 Å². The summed E-state index contributed by atoms with van der Waals surface area (Å²) >= 11 is 1.37. The Morgan fingerprint density at radius 2 is 1.74 bits per heavy atom. The fraction of sp³-hybridized carbons (Fsp3) is 0.478. The highest BCUT2D eigenvalue weighted by molar-refractivity contribution is 7.14. The Hall–Kier alpha value is -2.74. The van der Waals surface area contributed by atoms with Crippen molar-refractivity contribution in [2.45, 2.75) is 57.9 Å². The van der Waals surface area contributed by atoms with E-state index in [1.807, 2.05) is 29.6 Å². The molecular formula is C23H28N4O3S. The summed E-state index contributed by atoms with van der Waals surface area (Å²) in [7, 11) is 0. The third kappa shape index (κ3) is 5.12. The summed E-state index contributed by atoms with van der Waals surface area (Å²) in [5.41, 5.74) is 2.39. The smallest absolute Gasteiger partial charge is 0.248 e. The molecule has 1 aliphatic heterocycles. The lowest BCUT2D eigenvalue weighted by atomic mass is 9.88. The topological polar surface area (TPSA) is 91.4 Å². The standard InChI is InChI=1S/C23H28N4O3S/c1-15(28)24-18-11-9-16(10-12-18)19-14-31-23(25-19)26-21(29)20-8-5-13-27(20)22(30)17-6-3-2-4-7-17/h9-12,14,17,20H,2-8,13H2,1H3,(H,24,28)(H,25,26,29). The summed E-state index contributed by atoms with van der Waals surface area (Å²) < 4.78 is 0. The van der Waals surface area contributed by atoms with Crippen molar-refractivity contribution in [1.29, 1.82) is 0 Å². The van der Waals surface area contributed by atoms with Gasteiger partial charge in [-0.05, 0) is 37.8 Å². The van der Waals surface area contributed by atoms with E-state index < -0.39 is 6.04 Å². The maximum atomic E-state index is 13.0. The first-order chi connectivity index (χ1) is 15.0. The van der Waals surface area contributed by atoms with Gasteiger partial charge in [0.25, 0.3) is 0 Å². The number of aromatic nitrogens is 1. The van der Waals surface area contributed by atoms with Crippen molar-refractivity contribution in [3.8, 4) is 11.3 Å². The van der Waals surface area contributed by atoms with Crippen molar-refractivity contribution in [2.75, 3.05) is 17.2 Å². The number of nitrogens with zero attached hydrogens (tertiary/aromatic N) is 2. The molecule has 1 saturated carbocycles. The maximum absolute atomic E-state index is 13.0. The summed E-state index contributed by atoms with van der Waals surface area (Å²) in [5, 5.41) is 8.08. The van der Waals surface area contributed by atoms with Crippen LogP contribution in [-0.2, 0) is 14.4 Å². The molecule has 2 fully saturated rings. The van der Waals surface area contributed by atoms with E-state index in [0.29, 0.717) is 18.1 Å². The highest BCUT2D eigenvalue weighted by Crippen LogP contribution is 2.30. The molecule has 0 bridgehead atoms. The molecule has 0 spiro atoms. The van der Waals surface area contributed by atoms with Crippen molar-refractivity contribution in [3.05, 3.63) is 29.6 Å². The van der Waals surface area contributed by atoms with Crippen LogP contribution in [0.1, 0.15) is 51.9 Å². The molecule has 8 heteroatoms. The minimum Gasteiger partial charge on any atom is -0.330 e. The number of hydrogen-bond donors (Lipinski definition) is 2. The molecule has 1 aromatic heterocycles. The summed E-state index contributed by atoms with van der Waals surface area (Å²) in [6, 6.07) is 7.00. The number of anilines is 2. The van der Waals surface area contributed by atoms with Gasteiger partial charge < -0.3 is 15.5 Å². The maximum Gasteiger partial charge on any atom is 0.248 e. The molecule has 7 nitrogen and oxygen atoms in total. The molecule has 3 amide bonds. The van der Waals surface area contributed by atoms with E-state index in [4.69, 9.17) is 0 Å². The van der Waals surface area contributed by atoms with Crippen LogP contribution in [-0.4, -0.2) is 40.2 Å². The first-order valence-electron chi connectivity index (χ1n) is 11.0. The van der Waals surface area contributed by atoms with Gasteiger partial charge >= 0.3 is 0 Å². The quantitative estimate of drug-likeness (QED) is 0.726. The molecule has 2 aliphatic rings. The number of amides is 3. The second-order valence-corrected chi connectivity index (χ2v) is 9.17. The van der Waals surface area contributed by atoms with Crippen molar-refractivity contribution in [3.63, 3.8) is 0 Å². The van der Waals surface area contributed by atoms with Crippen molar-refractivity contribution >= 4 is 39.9 Å². The van der Waals surface area contributed by atoms with Gasteiger partial charge in [-0.15, -0.1) is 11.3 Å². The van der Waals surface area contributed by atoms with E-state index in [0.717, 1.165) is 49.0 Å². The zero-order valence-electron chi connectivity index (χ0n) is 17.7. The molecule has 1 unspecified atom stereocenters. The molecular weight excluding hydrogens is 412 g/mol. The number of carbonyl (C=O) groups excluding carboxylic acids is 3. The van der Waals surface area contributed by atoms with Crippen LogP contribution >= 0.6 is 11.3 Å². The molecule has 1 saturated heterocycles. The molecule has 2 N–H and O–H groups in total. The van der Waals surface area contributed by atoms with Crippen molar-refractivity contribution < 1.29 is 14.4 Å². The Balaban J connectivity index is 1.39. The van der Waals surface area contributed by atoms with Crippen LogP contribution in [0.4, 0.5) is 10.8 Å². The van der Waals surface area contributed by atoms with Crippen LogP contribution in [0.25, 0.3) is 11.3 Å². The number of rotatable bonds is 5. The van der Waals surface area contributed by atoms with E-state index in [1.54, 1.807) is 4.90 Å². The van der Waals surface area contributed by atoms with E-state index in [9.17, 15) is 14.4 Å². The van der Waals surface area contributed by atoms with Crippen LogP contribution in [0.2, 0.25) is 0 Å². The van der Waals surface area contributed by atoms with E-state index >= 15 is 0 Å². The lowest BCUT2D eigenvalue weighted by molar-refractivity contribution is -0.141. The fourth-order valence-corrected chi connectivity index (χ4v) is 5.19. The first kappa shape index (κ1) is 21.5. The molecule has 2 heterocycles. The lowest BCUT2D eigenvalue weighted by Crippen LogP contribution is -2.46. The Morgan fingerprint density at radius 3 is 2.45 bits per heavy atom. The number of hydrogen-bond acceptors (Lipinski definition) is 5. The summed E-state index contributed by atoms with van der Waals surface area (Å²) in [6.45, 7) is 2.13. The number of carbonyl (C=O) groups is 3. The minimum atomic E-state index is -0.404. The largest absolute Gasteiger partial charge is 0.330 e. The Kier molecular flexibility index (Phi) is 6.65. The molecule has 1 aromatic carbocycles. The highest BCUT2D eigenvalue weighted by atomic mass is 32.1. The first-order valence-corrected chi connectivity index (χ1v) is 11.8. The number of likely N-dealkylation sites (tertiary alicyclic amines) is 1. The van der Waals surface area contributed by atoms with Crippen molar-refractivity contribution in [1.82, 2.24) is 9.88 Å². The second-order valence-electron chi connectivity index (χ2n) is 8.31. The summed E-state index contributed by atoms with van der Waals surface area (Å²) in [5.74, 6) is -0.0385. The van der Waals surface area contributed by atoms with Gasteiger partial charge in [-0.25, -0.2) is 4.98 Å². The predicted molar refractivity (Wildman–Crippen MR) is 122 cm³/mol. The number of nitrogens with one attached hydrogen (secondary N) is 2. The fourth-order valence-electron chi connectivity index (χ4n) is 4.47. The van der Waals surface area contributed by atoms with Gasteiger partial charge in [0.1, 0.15) is 6.04 Å². The second kappa shape index (κ2) is 9.60. The van der Waals surface area contributed by atoms with E-state index in [1.165, 1.54) is 24.7 Å². The van der Waals surface area contributed by atoms with Gasteiger partial charge in [0.15, 0.2) is 5.13 Å². The zero-order valence-corrected chi connectivity index (χ0v) is 18.5. The zero-order chi connectivity index (χ0) is 21.8. The Morgan fingerprint density at radius 1 is 1.00 bits per heavy atom. The normalized spacial score (nSPS) is 19.3. The number of thiazole rings is 1. The molecule has 1 aliphatic carbocycles. The minimum absolute atomic E-state index is 0.0779. The van der Waals surface area contributed by atoms with Gasteiger partial charge in [0.05, 0.1) is 5.69 Å². The third-order valence-electron chi connectivity index (χ3n) is 6.03. The molecule has 2 aromatic rings.